The van der Waals surface area contributed by atoms with E-state index < -0.39 is 0 Å². The maximum absolute atomic E-state index is 12.6. The number of unbranched alkanes of at least 4 members (excludes halogenated alkanes) is 1. The van der Waals surface area contributed by atoms with Crippen LogP contribution in [0.15, 0.2) is 30.5 Å². The highest BCUT2D eigenvalue weighted by atomic mass is 32.1. The molecule has 0 bridgehead atoms. The quantitative estimate of drug-likeness (QED) is 0.730. The predicted octanol–water partition coefficient (Wildman–Crippen LogP) is 4.18. The summed E-state index contributed by atoms with van der Waals surface area (Å²) in [6.07, 6.45) is 4.83. The molecule has 124 valence electrons. The number of hydrogen-bond donors (Lipinski definition) is 2. The molecule has 3 heterocycles. The summed E-state index contributed by atoms with van der Waals surface area (Å²) in [4.78, 5) is 22.7. The Morgan fingerprint density at radius 3 is 2.92 bits per heavy atom. The van der Waals surface area contributed by atoms with Gasteiger partial charge in [0.2, 0.25) is 0 Å². The van der Waals surface area contributed by atoms with Crippen LogP contribution in [0, 0.1) is 6.92 Å². The van der Waals surface area contributed by atoms with Crippen LogP contribution in [-0.2, 0) is 6.42 Å². The second kappa shape index (κ2) is 6.97. The van der Waals surface area contributed by atoms with Crippen LogP contribution in [0.2, 0.25) is 0 Å². The van der Waals surface area contributed by atoms with Gasteiger partial charge in [-0.2, -0.15) is 0 Å². The van der Waals surface area contributed by atoms with Crippen molar-refractivity contribution in [2.75, 3.05) is 11.1 Å². The maximum Gasteiger partial charge on any atom is 0.269 e. The Balaban J connectivity index is 1.90. The molecule has 0 aliphatic heterocycles. The van der Waals surface area contributed by atoms with Crippen molar-refractivity contribution in [3.8, 4) is 0 Å². The van der Waals surface area contributed by atoms with Gasteiger partial charge in [0.05, 0.1) is 5.69 Å². The molecule has 5 nitrogen and oxygen atoms in total. The number of thiophene rings is 1. The third kappa shape index (κ3) is 3.23. The molecule has 0 radical (unpaired) electrons. The zero-order valence-corrected chi connectivity index (χ0v) is 14.6. The normalized spacial score (nSPS) is 10.9. The Morgan fingerprint density at radius 2 is 2.17 bits per heavy atom. The number of nitrogen functional groups attached to an aromatic ring is 1. The molecule has 1 amide bonds. The van der Waals surface area contributed by atoms with E-state index in [4.69, 9.17) is 5.73 Å². The van der Waals surface area contributed by atoms with E-state index >= 15 is 0 Å². The fourth-order valence-electron chi connectivity index (χ4n) is 2.48. The Bertz CT molecular complexity index is 888. The SMILES string of the molecule is CCCCc1ccc2c(N)c(C(=O)Nc3ncccc3C)sc2n1. The minimum absolute atomic E-state index is 0.243. The third-order valence-corrected chi connectivity index (χ3v) is 5.00. The lowest BCUT2D eigenvalue weighted by Gasteiger charge is -2.05. The molecule has 24 heavy (non-hydrogen) atoms. The van der Waals surface area contributed by atoms with Gasteiger partial charge in [-0.1, -0.05) is 19.4 Å². The molecular weight excluding hydrogens is 320 g/mol. The first-order valence-corrected chi connectivity index (χ1v) is 8.82. The Hall–Kier alpha value is -2.47. The van der Waals surface area contributed by atoms with Crippen LogP contribution >= 0.6 is 11.3 Å². The van der Waals surface area contributed by atoms with Gasteiger partial charge >= 0.3 is 0 Å². The number of anilines is 2. The Labute approximate surface area is 144 Å². The van der Waals surface area contributed by atoms with E-state index in [0.29, 0.717) is 16.4 Å². The molecule has 0 aliphatic rings. The van der Waals surface area contributed by atoms with Gasteiger partial charge in [-0.15, -0.1) is 11.3 Å². The van der Waals surface area contributed by atoms with E-state index in [2.05, 4.69) is 22.2 Å². The molecule has 0 fully saturated rings. The average Bonchev–Trinajstić information content (AvgIpc) is 2.91. The molecule has 3 N–H and O–H groups in total. The number of pyridine rings is 2. The van der Waals surface area contributed by atoms with E-state index in [-0.39, 0.29) is 5.91 Å². The van der Waals surface area contributed by atoms with Gasteiger partial charge in [-0.3, -0.25) is 4.79 Å². The first-order valence-electron chi connectivity index (χ1n) is 8.01. The summed E-state index contributed by atoms with van der Waals surface area (Å²) in [5, 5.41) is 3.67. The number of fused-ring (bicyclic) bond motifs is 1. The van der Waals surface area contributed by atoms with Crippen molar-refractivity contribution in [2.24, 2.45) is 0 Å². The number of aryl methyl sites for hydroxylation is 2. The minimum atomic E-state index is -0.243. The van der Waals surface area contributed by atoms with Gasteiger partial charge in [0.1, 0.15) is 15.5 Å². The molecule has 3 rings (SSSR count). The van der Waals surface area contributed by atoms with Gasteiger partial charge in [0.15, 0.2) is 0 Å². The monoisotopic (exact) mass is 340 g/mol. The molecule has 0 atom stereocenters. The van der Waals surface area contributed by atoms with Crippen molar-refractivity contribution in [1.29, 1.82) is 0 Å². The third-order valence-electron chi connectivity index (χ3n) is 3.89. The summed E-state index contributed by atoms with van der Waals surface area (Å²) in [5.74, 6) is 0.309. The van der Waals surface area contributed by atoms with E-state index in [1.807, 2.05) is 31.2 Å². The zero-order valence-electron chi connectivity index (χ0n) is 13.8. The Kier molecular flexibility index (Phi) is 4.76. The molecule has 3 aromatic rings. The summed E-state index contributed by atoms with van der Waals surface area (Å²) in [5.41, 5.74) is 8.60. The smallest absolute Gasteiger partial charge is 0.269 e. The van der Waals surface area contributed by atoms with E-state index in [0.717, 1.165) is 40.7 Å². The number of nitrogens with two attached hydrogens (primary N) is 1. The second-order valence-electron chi connectivity index (χ2n) is 5.73. The first kappa shape index (κ1) is 16.4. The van der Waals surface area contributed by atoms with Crippen molar-refractivity contribution in [3.63, 3.8) is 0 Å². The molecule has 0 spiro atoms. The van der Waals surface area contributed by atoms with Crippen LogP contribution in [0.5, 0.6) is 0 Å². The number of amides is 1. The highest BCUT2D eigenvalue weighted by Crippen LogP contribution is 2.33. The number of rotatable bonds is 5. The molecule has 0 saturated heterocycles. The van der Waals surface area contributed by atoms with Gasteiger partial charge < -0.3 is 11.1 Å². The van der Waals surface area contributed by atoms with Crippen molar-refractivity contribution in [1.82, 2.24) is 9.97 Å². The van der Waals surface area contributed by atoms with Crippen LogP contribution < -0.4 is 11.1 Å². The van der Waals surface area contributed by atoms with Gasteiger partial charge in [-0.25, -0.2) is 9.97 Å². The topological polar surface area (TPSA) is 80.9 Å². The number of nitrogens with one attached hydrogen (secondary N) is 1. The van der Waals surface area contributed by atoms with Crippen LogP contribution in [0.3, 0.4) is 0 Å². The largest absolute Gasteiger partial charge is 0.397 e. The Morgan fingerprint density at radius 1 is 1.33 bits per heavy atom. The van der Waals surface area contributed by atoms with Crippen molar-refractivity contribution in [3.05, 3.63) is 46.6 Å². The average molecular weight is 340 g/mol. The van der Waals surface area contributed by atoms with Crippen LogP contribution in [0.1, 0.15) is 40.7 Å². The zero-order chi connectivity index (χ0) is 17.1. The molecule has 0 aliphatic carbocycles. The van der Waals surface area contributed by atoms with Crippen LogP contribution in [0.25, 0.3) is 10.2 Å². The lowest BCUT2D eigenvalue weighted by molar-refractivity contribution is 0.103. The van der Waals surface area contributed by atoms with Gasteiger partial charge in [0.25, 0.3) is 5.91 Å². The molecule has 3 aromatic heterocycles. The number of aromatic nitrogens is 2. The lowest BCUT2D eigenvalue weighted by atomic mass is 10.1. The summed E-state index contributed by atoms with van der Waals surface area (Å²) in [7, 11) is 0. The summed E-state index contributed by atoms with van der Waals surface area (Å²) < 4.78 is 0. The summed E-state index contributed by atoms with van der Waals surface area (Å²) in [6, 6.07) is 7.69. The minimum Gasteiger partial charge on any atom is -0.397 e. The fraction of sp³-hybridized carbons (Fsp3) is 0.278. The van der Waals surface area contributed by atoms with Crippen LogP contribution in [0.4, 0.5) is 11.5 Å². The summed E-state index contributed by atoms with van der Waals surface area (Å²) in [6.45, 7) is 4.06. The lowest BCUT2D eigenvalue weighted by Crippen LogP contribution is -2.13. The van der Waals surface area contributed by atoms with Gasteiger partial charge in [-0.05, 0) is 43.5 Å². The van der Waals surface area contributed by atoms with E-state index in [9.17, 15) is 4.79 Å². The van der Waals surface area contributed by atoms with E-state index in [1.54, 1.807) is 6.20 Å². The molecule has 0 aromatic carbocycles. The number of nitrogens with zero attached hydrogens (tertiary/aromatic N) is 2. The fourth-order valence-corrected chi connectivity index (χ4v) is 3.49. The van der Waals surface area contributed by atoms with Crippen molar-refractivity contribution in [2.45, 2.75) is 33.1 Å². The highest BCUT2D eigenvalue weighted by molar-refractivity contribution is 7.21. The van der Waals surface area contributed by atoms with Gasteiger partial charge in [0, 0.05) is 17.3 Å². The molecular formula is C18H20N4OS. The number of hydrogen-bond acceptors (Lipinski definition) is 5. The predicted molar refractivity (Wildman–Crippen MR) is 99.6 cm³/mol. The molecule has 0 saturated carbocycles. The highest BCUT2D eigenvalue weighted by Gasteiger charge is 2.18. The van der Waals surface area contributed by atoms with Crippen LogP contribution in [-0.4, -0.2) is 15.9 Å². The number of carbonyl (C=O) groups excluding carboxylic acids is 1. The molecule has 0 unspecified atom stereocenters. The first-order chi connectivity index (χ1) is 11.6. The standard InChI is InChI=1S/C18H20N4OS/c1-3-4-7-12-8-9-13-14(19)15(24-18(13)21-12)17(23)22-16-11(2)6-5-10-20-16/h5-6,8-10H,3-4,7,19H2,1-2H3,(H,20,22,23). The van der Waals surface area contributed by atoms with Crippen molar-refractivity contribution < 1.29 is 4.79 Å². The second-order valence-corrected chi connectivity index (χ2v) is 6.73. The maximum atomic E-state index is 12.6. The molecule has 6 heteroatoms. The summed E-state index contributed by atoms with van der Waals surface area (Å²) >= 11 is 1.33. The van der Waals surface area contributed by atoms with Crippen molar-refractivity contribution >= 4 is 39.0 Å². The van der Waals surface area contributed by atoms with E-state index in [1.165, 1.54) is 11.3 Å². The number of carbonyl (C=O) groups is 1.